The fourth-order valence-electron chi connectivity index (χ4n) is 6.37. The monoisotopic (exact) mass is 465 g/mol. The van der Waals surface area contributed by atoms with Crippen molar-refractivity contribution in [2.45, 2.75) is 103 Å². The van der Waals surface area contributed by atoms with Crippen LogP contribution in [0, 0.1) is 17.8 Å². The molecule has 0 aliphatic carbocycles. The molecule has 33 heavy (non-hydrogen) atoms. The summed E-state index contributed by atoms with van der Waals surface area (Å²) in [4.78, 5) is 42.5. The highest BCUT2D eigenvalue weighted by atomic mass is 16.5. The fraction of sp³-hybridized carbons (Fsp3) is 0.880. The average Bonchev–Trinajstić information content (AvgIpc) is 3.39. The van der Waals surface area contributed by atoms with Crippen molar-refractivity contribution < 1.29 is 24.2 Å². The van der Waals surface area contributed by atoms with Gasteiger partial charge in [-0.2, -0.15) is 0 Å². The zero-order valence-corrected chi connectivity index (χ0v) is 21.0. The van der Waals surface area contributed by atoms with Crippen molar-refractivity contribution in [1.29, 1.82) is 0 Å². The van der Waals surface area contributed by atoms with Crippen LogP contribution in [0.4, 0.5) is 0 Å². The van der Waals surface area contributed by atoms with Crippen molar-refractivity contribution in [1.82, 2.24) is 15.5 Å². The van der Waals surface area contributed by atoms with Gasteiger partial charge in [-0.25, -0.2) is 0 Å². The molecule has 0 aromatic carbocycles. The second-order valence-corrected chi connectivity index (χ2v) is 10.4. The molecule has 2 bridgehead atoms. The zero-order valence-electron chi connectivity index (χ0n) is 21.0. The van der Waals surface area contributed by atoms with Crippen LogP contribution in [0.2, 0.25) is 0 Å². The van der Waals surface area contributed by atoms with Gasteiger partial charge in [-0.05, 0) is 38.0 Å². The van der Waals surface area contributed by atoms with Crippen molar-refractivity contribution in [3.8, 4) is 0 Å². The molecule has 3 N–H and O–H groups in total. The zero-order chi connectivity index (χ0) is 24.4. The summed E-state index contributed by atoms with van der Waals surface area (Å²) in [6.07, 6.45) is 5.56. The number of aliphatic hydroxyl groups is 1. The van der Waals surface area contributed by atoms with Gasteiger partial charge in [0.05, 0.1) is 30.1 Å². The average molecular weight is 466 g/mol. The number of hydrogen-bond donors (Lipinski definition) is 3. The first-order valence-electron chi connectivity index (χ1n) is 12.9. The van der Waals surface area contributed by atoms with E-state index in [1.54, 1.807) is 4.90 Å². The molecule has 0 saturated carbocycles. The number of amides is 3. The molecule has 3 rings (SSSR count). The summed E-state index contributed by atoms with van der Waals surface area (Å²) in [7, 11) is 0. The first-order valence-corrected chi connectivity index (χ1v) is 12.9. The van der Waals surface area contributed by atoms with Gasteiger partial charge in [0.2, 0.25) is 17.7 Å². The van der Waals surface area contributed by atoms with E-state index in [9.17, 15) is 19.5 Å². The van der Waals surface area contributed by atoms with Crippen LogP contribution in [-0.4, -0.2) is 70.7 Å². The van der Waals surface area contributed by atoms with Gasteiger partial charge in [0.15, 0.2) is 0 Å². The van der Waals surface area contributed by atoms with Crippen LogP contribution < -0.4 is 10.6 Å². The lowest BCUT2D eigenvalue weighted by Gasteiger charge is -2.38. The van der Waals surface area contributed by atoms with Crippen molar-refractivity contribution in [3.05, 3.63) is 0 Å². The second kappa shape index (κ2) is 10.3. The minimum absolute atomic E-state index is 0.0470. The molecule has 0 aromatic heterocycles. The van der Waals surface area contributed by atoms with Gasteiger partial charge in [-0.1, -0.05) is 47.5 Å². The number of aliphatic hydroxyl groups excluding tert-OH is 1. The molecule has 188 valence electrons. The topological polar surface area (TPSA) is 108 Å². The maximum atomic E-state index is 14.0. The number of nitrogens with zero attached hydrogens (tertiary/aromatic N) is 1. The predicted molar refractivity (Wildman–Crippen MR) is 125 cm³/mol. The van der Waals surface area contributed by atoms with E-state index in [1.807, 2.05) is 27.7 Å². The molecule has 1 spiro atoms. The van der Waals surface area contributed by atoms with Crippen LogP contribution in [0.25, 0.3) is 0 Å². The summed E-state index contributed by atoms with van der Waals surface area (Å²) in [5.41, 5.74) is -1.75. The number of carbonyl (C=O) groups is 3. The molecule has 3 aliphatic heterocycles. The molecule has 8 heteroatoms. The molecular weight excluding hydrogens is 422 g/mol. The van der Waals surface area contributed by atoms with Gasteiger partial charge in [-0.3, -0.25) is 14.4 Å². The number of ether oxygens (including phenoxy) is 1. The van der Waals surface area contributed by atoms with E-state index in [2.05, 4.69) is 17.6 Å². The van der Waals surface area contributed by atoms with Crippen LogP contribution in [-0.2, 0) is 19.1 Å². The summed E-state index contributed by atoms with van der Waals surface area (Å²) in [6, 6.07) is -1.35. The number of fused-ring (bicyclic) bond motifs is 1. The number of carbonyl (C=O) groups excluding carboxylic acids is 3. The number of hydrogen-bond acceptors (Lipinski definition) is 5. The van der Waals surface area contributed by atoms with E-state index in [-0.39, 0.29) is 30.2 Å². The van der Waals surface area contributed by atoms with E-state index in [0.717, 1.165) is 25.7 Å². The minimum atomic E-state index is -1.03. The van der Waals surface area contributed by atoms with Gasteiger partial charge in [0, 0.05) is 13.1 Å². The predicted octanol–water partition coefficient (Wildman–Crippen LogP) is 1.99. The van der Waals surface area contributed by atoms with Gasteiger partial charge >= 0.3 is 0 Å². The first kappa shape index (κ1) is 25.9. The molecular formula is C25H43N3O5. The van der Waals surface area contributed by atoms with Crippen LogP contribution >= 0.6 is 0 Å². The van der Waals surface area contributed by atoms with Crippen molar-refractivity contribution in [3.63, 3.8) is 0 Å². The third-order valence-electron chi connectivity index (χ3n) is 8.09. The number of likely N-dealkylation sites (tertiary alicyclic amines) is 1. The summed E-state index contributed by atoms with van der Waals surface area (Å²) < 4.78 is 6.70. The van der Waals surface area contributed by atoms with Gasteiger partial charge in [0.25, 0.3) is 0 Å². The SMILES string of the molecule is CCCCCNC(=O)C1N([C@@H](CO)C(C)C)C(=O)[C@@H]2[C@@H](C(=O)NCCC)[C@@]3(CC)CCC12O3. The van der Waals surface area contributed by atoms with Gasteiger partial charge in [-0.15, -0.1) is 0 Å². The quantitative estimate of drug-likeness (QED) is 0.382. The summed E-state index contributed by atoms with van der Waals surface area (Å²) in [5, 5.41) is 16.2. The number of nitrogens with one attached hydrogen (secondary N) is 2. The van der Waals surface area contributed by atoms with Crippen molar-refractivity contribution in [2.24, 2.45) is 17.8 Å². The standard InChI is InChI=1S/C25H43N3O5/c1-6-9-10-14-27-22(31)20-25-12-11-24(8-3,33-25)18(21(30)26-13-7-2)19(25)23(32)28(20)17(15-29)16(4)5/h16-20,29H,6-15H2,1-5H3,(H,26,30)(H,27,31)/t17-,18-,19-,20?,24+,25?/m0/s1. The molecule has 3 saturated heterocycles. The lowest BCUT2D eigenvalue weighted by atomic mass is 9.65. The summed E-state index contributed by atoms with van der Waals surface area (Å²) in [5.74, 6) is -2.00. The Morgan fingerprint density at radius 3 is 2.36 bits per heavy atom. The normalized spacial score (nSPS) is 33.5. The highest BCUT2D eigenvalue weighted by Crippen LogP contribution is 2.64. The Morgan fingerprint density at radius 2 is 1.79 bits per heavy atom. The molecule has 8 nitrogen and oxygen atoms in total. The first-order chi connectivity index (χ1) is 15.7. The Morgan fingerprint density at radius 1 is 1.09 bits per heavy atom. The molecule has 0 radical (unpaired) electrons. The van der Waals surface area contributed by atoms with E-state index in [4.69, 9.17) is 4.74 Å². The summed E-state index contributed by atoms with van der Waals surface area (Å²) in [6.45, 7) is 10.8. The van der Waals surface area contributed by atoms with E-state index < -0.39 is 35.1 Å². The fourth-order valence-corrected chi connectivity index (χ4v) is 6.37. The van der Waals surface area contributed by atoms with E-state index >= 15 is 0 Å². The van der Waals surface area contributed by atoms with Crippen LogP contribution in [0.5, 0.6) is 0 Å². The number of unbranched alkanes of at least 4 members (excludes halogenated alkanes) is 2. The van der Waals surface area contributed by atoms with Crippen LogP contribution in [0.1, 0.15) is 79.6 Å². The van der Waals surface area contributed by atoms with Crippen molar-refractivity contribution in [2.75, 3.05) is 19.7 Å². The second-order valence-electron chi connectivity index (χ2n) is 10.4. The Hall–Kier alpha value is -1.67. The van der Waals surface area contributed by atoms with Gasteiger partial charge < -0.3 is 25.4 Å². The van der Waals surface area contributed by atoms with Crippen LogP contribution in [0.3, 0.4) is 0 Å². The molecule has 3 aliphatic rings. The van der Waals surface area contributed by atoms with Gasteiger partial charge in [0.1, 0.15) is 11.6 Å². The third-order valence-corrected chi connectivity index (χ3v) is 8.09. The summed E-state index contributed by atoms with van der Waals surface area (Å²) >= 11 is 0. The molecule has 2 unspecified atom stereocenters. The smallest absolute Gasteiger partial charge is 0.245 e. The molecule has 3 heterocycles. The van der Waals surface area contributed by atoms with E-state index in [1.165, 1.54) is 0 Å². The maximum absolute atomic E-state index is 14.0. The third kappa shape index (κ3) is 4.18. The minimum Gasteiger partial charge on any atom is -0.394 e. The highest BCUT2D eigenvalue weighted by molar-refractivity contribution is 5.99. The van der Waals surface area contributed by atoms with E-state index in [0.29, 0.717) is 32.4 Å². The molecule has 3 fully saturated rings. The maximum Gasteiger partial charge on any atom is 0.245 e. The van der Waals surface area contributed by atoms with Crippen molar-refractivity contribution >= 4 is 17.7 Å². The van der Waals surface area contributed by atoms with Crippen LogP contribution in [0.15, 0.2) is 0 Å². The Balaban J connectivity index is 2.02. The molecule has 3 amide bonds. The number of rotatable bonds is 12. The lowest BCUT2D eigenvalue weighted by Crippen LogP contribution is -2.59. The lowest BCUT2D eigenvalue weighted by molar-refractivity contribution is -0.152. The Kier molecular flexibility index (Phi) is 8.10. The molecule has 0 aromatic rings. The Bertz CT molecular complexity index is 744. The largest absolute Gasteiger partial charge is 0.394 e. The highest BCUT2D eigenvalue weighted by Gasteiger charge is 2.79. The Labute approximate surface area is 198 Å². The molecule has 6 atom stereocenters.